The second-order valence-corrected chi connectivity index (χ2v) is 5.97. The van der Waals surface area contributed by atoms with Gasteiger partial charge in [-0.05, 0) is 44.9 Å². The Morgan fingerprint density at radius 3 is 2.55 bits per heavy atom. The van der Waals surface area contributed by atoms with Gasteiger partial charge in [-0.3, -0.25) is 15.0 Å². The topological polar surface area (TPSA) is 88.0 Å². The maximum Gasteiger partial charge on any atom is 0.126 e. The number of aliphatic imine (C=N–C) groups is 2. The van der Waals surface area contributed by atoms with Crippen LogP contribution in [0.1, 0.15) is 66.2 Å². The van der Waals surface area contributed by atoms with Crippen molar-refractivity contribution >= 4 is 17.8 Å². The van der Waals surface area contributed by atoms with Crippen LogP contribution in [-0.2, 0) is 6.42 Å². The zero-order valence-corrected chi connectivity index (χ0v) is 18.8. The highest BCUT2D eigenvalue weighted by molar-refractivity contribution is 6.37. The van der Waals surface area contributed by atoms with Gasteiger partial charge in [-0.25, -0.2) is 0 Å². The number of amidine groups is 1. The third-order valence-corrected chi connectivity index (χ3v) is 3.37. The summed E-state index contributed by atoms with van der Waals surface area (Å²) in [5.74, 6) is 12.5. The summed E-state index contributed by atoms with van der Waals surface area (Å²) in [7, 11) is 0. The van der Waals surface area contributed by atoms with Crippen LogP contribution in [0.4, 0.5) is 0 Å². The largest absolute Gasteiger partial charge is 0.371 e. The minimum Gasteiger partial charge on any atom is -0.371 e. The van der Waals surface area contributed by atoms with E-state index in [9.17, 15) is 0 Å². The summed E-state index contributed by atoms with van der Waals surface area (Å²) in [4.78, 5) is 13.1. The number of rotatable bonds is 7. The van der Waals surface area contributed by atoms with Crippen LogP contribution in [0.15, 0.2) is 39.5 Å². The quantitative estimate of drug-likeness (QED) is 0.239. The van der Waals surface area contributed by atoms with Crippen molar-refractivity contribution < 1.29 is 1.43 Å². The monoisotopic (exact) mass is 398 g/mol. The minimum absolute atomic E-state index is 0. The molecule has 160 valence electrons. The molecule has 0 saturated heterocycles. The molecule has 0 atom stereocenters. The molecule has 6 heteroatoms. The molecular weight excluding hydrogens is 360 g/mol. The molecular formula is C23H38N6. The Balaban J connectivity index is 0. The number of pyridine rings is 1. The van der Waals surface area contributed by atoms with Gasteiger partial charge in [0.15, 0.2) is 0 Å². The third-order valence-electron chi connectivity index (χ3n) is 3.37. The molecule has 1 aromatic rings. The molecule has 0 aliphatic rings. The van der Waals surface area contributed by atoms with Crippen LogP contribution in [0.25, 0.3) is 0 Å². The lowest BCUT2D eigenvalue weighted by atomic mass is 10.1. The van der Waals surface area contributed by atoms with Gasteiger partial charge in [0.1, 0.15) is 18.1 Å². The van der Waals surface area contributed by atoms with E-state index >= 15 is 0 Å². The zero-order valence-electron chi connectivity index (χ0n) is 18.8. The van der Waals surface area contributed by atoms with Crippen molar-refractivity contribution in [2.75, 3.05) is 19.6 Å². The second kappa shape index (κ2) is 17.2. The molecule has 1 aromatic heterocycles. The summed E-state index contributed by atoms with van der Waals surface area (Å²) in [5, 5.41) is 6.99. The number of aryl methyl sites for hydroxylation is 1. The smallest absolute Gasteiger partial charge is 0.126 e. The molecule has 1 rings (SSSR count). The summed E-state index contributed by atoms with van der Waals surface area (Å²) in [6.45, 7) is 14.2. The van der Waals surface area contributed by atoms with Crippen LogP contribution < -0.4 is 11.2 Å². The molecule has 0 radical (unpaired) electrons. The number of nitrogens with two attached hydrogens (primary N) is 1. The van der Waals surface area contributed by atoms with Crippen molar-refractivity contribution in [3.8, 4) is 11.8 Å². The average Bonchev–Trinajstić information content (AvgIpc) is 2.73. The first kappa shape index (κ1) is 26.1. The fraction of sp³-hybridized carbons (Fsp3) is 0.478. The molecule has 0 aromatic carbocycles. The molecule has 3 N–H and O–H groups in total. The van der Waals surface area contributed by atoms with Crippen molar-refractivity contribution in [2.45, 2.75) is 54.4 Å². The van der Waals surface area contributed by atoms with Gasteiger partial charge in [-0.1, -0.05) is 45.1 Å². The summed E-state index contributed by atoms with van der Waals surface area (Å²) in [5.41, 5.74) is 3.21. The van der Waals surface area contributed by atoms with Crippen molar-refractivity contribution in [3.63, 3.8) is 0 Å². The van der Waals surface area contributed by atoms with Gasteiger partial charge in [0, 0.05) is 26.3 Å². The molecule has 0 aliphatic heterocycles. The van der Waals surface area contributed by atoms with Crippen LogP contribution in [0.2, 0.25) is 0 Å². The predicted molar refractivity (Wildman–Crippen MR) is 129 cm³/mol. The Morgan fingerprint density at radius 1 is 1.28 bits per heavy atom. The van der Waals surface area contributed by atoms with Crippen LogP contribution >= 0.6 is 0 Å². The third kappa shape index (κ3) is 10.8. The number of hydrogen-bond acceptors (Lipinski definition) is 5. The van der Waals surface area contributed by atoms with Crippen LogP contribution in [0, 0.1) is 11.8 Å². The van der Waals surface area contributed by atoms with Gasteiger partial charge < -0.3 is 11.2 Å². The van der Waals surface area contributed by atoms with E-state index in [1.807, 2.05) is 39.0 Å². The van der Waals surface area contributed by atoms with Crippen molar-refractivity contribution in [3.05, 3.63) is 41.2 Å². The normalized spacial score (nSPS) is 11.8. The van der Waals surface area contributed by atoms with Gasteiger partial charge >= 0.3 is 0 Å². The van der Waals surface area contributed by atoms with Gasteiger partial charge in [0.25, 0.3) is 0 Å². The first-order valence-electron chi connectivity index (χ1n) is 10.3. The highest BCUT2D eigenvalue weighted by Crippen LogP contribution is 2.10. The van der Waals surface area contributed by atoms with Gasteiger partial charge in [-0.15, -0.1) is 0 Å². The molecule has 0 fully saturated rings. The van der Waals surface area contributed by atoms with E-state index < -0.39 is 0 Å². The molecule has 6 nitrogen and oxygen atoms in total. The SMILES string of the molecule is C/C=C\C(=NCC#Cc1cnc(/C(C=NCC)=N/N)c(CC)c1)NCC.CCC.[HH]. The lowest BCUT2D eigenvalue weighted by Crippen LogP contribution is -2.20. The molecule has 29 heavy (non-hydrogen) atoms. The van der Waals surface area contributed by atoms with E-state index in [0.717, 1.165) is 35.6 Å². The van der Waals surface area contributed by atoms with Crippen molar-refractivity contribution in [1.82, 2.24) is 10.3 Å². The lowest BCUT2D eigenvalue weighted by molar-refractivity contribution is 0.962. The van der Waals surface area contributed by atoms with E-state index in [0.29, 0.717) is 18.8 Å². The summed E-state index contributed by atoms with van der Waals surface area (Å²) >= 11 is 0. The molecule has 0 unspecified atom stereocenters. The first-order chi connectivity index (χ1) is 14.1. The standard InChI is InChI=1S/C20H28N6.C3H8.H2/c1-5-10-19(23-8-4)24-12-9-11-16-13-17(6-2)20(25-14-16)18(26-21)15-22-7-3;1-3-2;/h5,10,13-15H,6-8,12,21H2,1-4H3,(H,23,24);3H2,1-2H3;1H/b10-5-,22-15?,26-18+;;. The lowest BCUT2D eigenvalue weighted by Gasteiger charge is -2.06. The summed E-state index contributed by atoms with van der Waals surface area (Å²) in [6, 6.07) is 2.02. The second-order valence-electron chi connectivity index (χ2n) is 5.97. The van der Waals surface area contributed by atoms with E-state index in [1.54, 1.807) is 12.4 Å². The number of hydrazone groups is 1. The average molecular weight is 399 g/mol. The maximum absolute atomic E-state index is 5.49. The highest BCUT2D eigenvalue weighted by Gasteiger charge is 2.09. The van der Waals surface area contributed by atoms with Crippen LogP contribution in [0.3, 0.4) is 0 Å². The molecule has 0 amide bonds. The number of allylic oxidation sites excluding steroid dienone is 1. The van der Waals surface area contributed by atoms with E-state index in [4.69, 9.17) is 5.84 Å². The number of nitrogens with zero attached hydrogens (tertiary/aromatic N) is 4. The Hall–Kier alpha value is -2.94. The molecule has 0 bridgehead atoms. The summed E-state index contributed by atoms with van der Waals surface area (Å²) in [6.07, 6.45) is 9.32. The van der Waals surface area contributed by atoms with Crippen molar-refractivity contribution in [2.24, 2.45) is 20.9 Å². The maximum atomic E-state index is 5.49. The zero-order chi connectivity index (χ0) is 21.9. The Bertz CT molecular complexity index is 770. The fourth-order valence-corrected chi connectivity index (χ4v) is 2.19. The molecule has 0 spiro atoms. The Kier molecular flexibility index (Phi) is 15.4. The van der Waals surface area contributed by atoms with E-state index in [-0.39, 0.29) is 1.43 Å². The van der Waals surface area contributed by atoms with Crippen LogP contribution in [-0.4, -0.2) is 42.4 Å². The number of nitrogens with one attached hydrogen (secondary N) is 1. The fourth-order valence-electron chi connectivity index (χ4n) is 2.19. The molecule has 1 heterocycles. The number of aromatic nitrogens is 1. The minimum atomic E-state index is 0. The first-order valence-corrected chi connectivity index (χ1v) is 10.3. The van der Waals surface area contributed by atoms with Crippen molar-refractivity contribution in [1.29, 1.82) is 0 Å². The number of hydrogen-bond donors (Lipinski definition) is 2. The Labute approximate surface area is 178 Å². The predicted octanol–water partition coefficient (Wildman–Crippen LogP) is 4.00. The molecule has 0 saturated carbocycles. The van der Waals surface area contributed by atoms with Gasteiger partial charge in [-0.2, -0.15) is 5.10 Å². The summed E-state index contributed by atoms with van der Waals surface area (Å²) < 4.78 is 0. The van der Waals surface area contributed by atoms with Gasteiger partial charge in [0.05, 0.1) is 11.9 Å². The van der Waals surface area contributed by atoms with E-state index in [2.05, 4.69) is 58.0 Å². The van der Waals surface area contributed by atoms with Gasteiger partial charge in [0.2, 0.25) is 0 Å². The number of likely N-dealkylation sites (N-methyl/N-ethyl adjacent to an activating group) is 1. The van der Waals surface area contributed by atoms with E-state index in [1.165, 1.54) is 6.42 Å². The van der Waals surface area contributed by atoms with Crippen LogP contribution in [0.5, 0.6) is 0 Å². The Morgan fingerprint density at radius 2 is 2.00 bits per heavy atom. The molecule has 0 aliphatic carbocycles. The highest BCUT2D eigenvalue weighted by atomic mass is 15.1.